The Labute approximate surface area is 108 Å². The maximum atomic E-state index is 10.0. The zero-order chi connectivity index (χ0) is 13.2. The molecule has 1 aliphatic rings. The summed E-state index contributed by atoms with van der Waals surface area (Å²) in [6, 6.07) is 1.76. The Morgan fingerprint density at radius 2 is 2.33 bits per heavy atom. The SMILES string of the molecule is CCOc1ccnc(N2CCC(C(C)(C)O)C2)n1. The highest BCUT2D eigenvalue weighted by Crippen LogP contribution is 2.29. The van der Waals surface area contributed by atoms with Crippen LogP contribution in [0.1, 0.15) is 27.2 Å². The van der Waals surface area contributed by atoms with Gasteiger partial charge in [-0.15, -0.1) is 0 Å². The second-order valence-electron chi connectivity index (χ2n) is 5.21. The molecule has 1 saturated heterocycles. The second kappa shape index (κ2) is 5.10. The smallest absolute Gasteiger partial charge is 0.228 e. The van der Waals surface area contributed by atoms with Crippen LogP contribution in [0.4, 0.5) is 5.95 Å². The molecule has 0 aliphatic carbocycles. The Bertz CT molecular complexity index is 403. The van der Waals surface area contributed by atoms with Crippen molar-refractivity contribution in [2.45, 2.75) is 32.8 Å². The maximum Gasteiger partial charge on any atom is 0.228 e. The summed E-state index contributed by atoms with van der Waals surface area (Å²) in [5.41, 5.74) is -0.647. The van der Waals surface area contributed by atoms with Crippen molar-refractivity contribution in [3.8, 4) is 5.88 Å². The van der Waals surface area contributed by atoms with Crippen LogP contribution in [0, 0.1) is 5.92 Å². The largest absolute Gasteiger partial charge is 0.478 e. The van der Waals surface area contributed by atoms with Crippen LogP contribution < -0.4 is 9.64 Å². The summed E-state index contributed by atoms with van der Waals surface area (Å²) in [5.74, 6) is 1.55. The molecule has 18 heavy (non-hydrogen) atoms. The van der Waals surface area contributed by atoms with Gasteiger partial charge in [-0.3, -0.25) is 0 Å². The fourth-order valence-electron chi connectivity index (χ4n) is 2.23. The van der Waals surface area contributed by atoms with Gasteiger partial charge in [-0.1, -0.05) is 0 Å². The molecular formula is C13H21N3O2. The van der Waals surface area contributed by atoms with Crippen LogP contribution in [0.15, 0.2) is 12.3 Å². The van der Waals surface area contributed by atoms with E-state index in [0.29, 0.717) is 18.4 Å². The third kappa shape index (κ3) is 2.90. The molecule has 2 rings (SSSR count). The summed E-state index contributed by atoms with van der Waals surface area (Å²) in [6.45, 7) is 7.92. The van der Waals surface area contributed by atoms with Crippen molar-refractivity contribution in [2.75, 3.05) is 24.6 Å². The first kappa shape index (κ1) is 13.1. The highest BCUT2D eigenvalue weighted by Gasteiger charge is 2.34. The predicted octanol–water partition coefficient (Wildman–Crippen LogP) is 1.47. The highest BCUT2D eigenvalue weighted by molar-refractivity contribution is 5.33. The van der Waals surface area contributed by atoms with Gasteiger partial charge in [0.05, 0.1) is 12.2 Å². The Morgan fingerprint density at radius 3 is 2.94 bits per heavy atom. The van der Waals surface area contributed by atoms with Crippen LogP contribution in [0.3, 0.4) is 0 Å². The molecule has 0 spiro atoms. The third-order valence-electron chi connectivity index (χ3n) is 3.38. The van der Waals surface area contributed by atoms with Crippen molar-refractivity contribution in [1.82, 2.24) is 9.97 Å². The minimum Gasteiger partial charge on any atom is -0.478 e. The lowest BCUT2D eigenvalue weighted by molar-refractivity contribution is 0.0263. The van der Waals surface area contributed by atoms with E-state index in [9.17, 15) is 5.11 Å². The molecule has 5 heteroatoms. The van der Waals surface area contributed by atoms with Crippen molar-refractivity contribution >= 4 is 5.95 Å². The number of aliphatic hydroxyl groups is 1. The maximum absolute atomic E-state index is 10.0. The van der Waals surface area contributed by atoms with Gasteiger partial charge in [0, 0.05) is 31.3 Å². The zero-order valence-electron chi connectivity index (χ0n) is 11.3. The Morgan fingerprint density at radius 1 is 1.56 bits per heavy atom. The van der Waals surface area contributed by atoms with Gasteiger partial charge in [0.2, 0.25) is 11.8 Å². The monoisotopic (exact) mass is 251 g/mol. The van der Waals surface area contributed by atoms with Crippen LogP contribution in [0.25, 0.3) is 0 Å². The van der Waals surface area contributed by atoms with Gasteiger partial charge < -0.3 is 14.7 Å². The molecule has 1 unspecified atom stereocenters. The van der Waals surface area contributed by atoms with Crippen LogP contribution >= 0.6 is 0 Å². The lowest BCUT2D eigenvalue weighted by Crippen LogP contribution is -2.33. The minimum atomic E-state index is -0.647. The average molecular weight is 251 g/mol. The van der Waals surface area contributed by atoms with Crippen LogP contribution in [-0.4, -0.2) is 40.4 Å². The third-order valence-corrected chi connectivity index (χ3v) is 3.38. The molecule has 0 saturated carbocycles. The molecule has 5 nitrogen and oxygen atoms in total. The Hall–Kier alpha value is -1.36. The van der Waals surface area contributed by atoms with Gasteiger partial charge in [-0.2, -0.15) is 4.98 Å². The molecule has 2 heterocycles. The van der Waals surface area contributed by atoms with E-state index in [2.05, 4.69) is 14.9 Å². The molecule has 0 radical (unpaired) electrons. The number of anilines is 1. The van der Waals surface area contributed by atoms with Crippen molar-refractivity contribution in [2.24, 2.45) is 5.92 Å². The number of rotatable bonds is 4. The van der Waals surface area contributed by atoms with Gasteiger partial charge in [-0.25, -0.2) is 4.98 Å². The van der Waals surface area contributed by atoms with Gasteiger partial charge in [0.1, 0.15) is 0 Å². The Balaban J connectivity index is 2.07. The summed E-state index contributed by atoms with van der Waals surface area (Å²) >= 11 is 0. The number of hydrogen-bond acceptors (Lipinski definition) is 5. The topological polar surface area (TPSA) is 58.5 Å². The quantitative estimate of drug-likeness (QED) is 0.878. The molecule has 1 fully saturated rings. The van der Waals surface area contributed by atoms with Crippen LogP contribution in [-0.2, 0) is 0 Å². The molecule has 0 bridgehead atoms. The van der Waals surface area contributed by atoms with Gasteiger partial charge in [0.15, 0.2) is 0 Å². The average Bonchev–Trinajstić information content (AvgIpc) is 2.78. The molecule has 1 aromatic heterocycles. The molecule has 100 valence electrons. The number of aromatic nitrogens is 2. The Kier molecular flexibility index (Phi) is 3.71. The molecular weight excluding hydrogens is 230 g/mol. The van der Waals surface area contributed by atoms with Crippen LogP contribution in [0.5, 0.6) is 5.88 Å². The molecule has 1 aromatic rings. The van der Waals surface area contributed by atoms with Crippen molar-refractivity contribution in [3.63, 3.8) is 0 Å². The van der Waals surface area contributed by atoms with Gasteiger partial charge >= 0.3 is 0 Å². The zero-order valence-corrected chi connectivity index (χ0v) is 11.3. The standard InChI is InChI=1S/C13H21N3O2/c1-4-18-11-5-7-14-12(15-11)16-8-6-10(9-16)13(2,3)17/h5,7,10,17H,4,6,8-9H2,1-3H3. The van der Waals surface area contributed by atoms with E-state index >= 15 is 0 Å². The normalized spacial score (nSPS) is 20.2. The molecule has 0 amide bonds. The van der Waals surface area contributed by atoms with E-state index in [1.165, 1.54) is 0 Å². The number of hydrogen-bond donors (Lipinski definition) is 1. The van der Waals surface area contributed by atoms with E-state index < -0.39 is 5.60 Å². The van der Waals surface area contributed by atoms with E-state index in [4.69, 9.17) is 4.74 Å². The first-order chi connectivity index (χ1) is 8.50. The van der Waals surface area contributed by atoms with Gasteiger partial charge in [0.25, 0.3) is 0 Å². The lowest BCUT2D eigenvalue weighted by atomic mass is 9.91. The predicted molar refractivity (Wildman–Crippen MR) is 69.8 cm³/mol. The van der Waals surface area contributed by atoms with E-state index in [1.54, 1.807) is 12.3 Å². The van der Waals surface area contributed by atoms with Crippen LogP contribution in [0.2, 0.25) is 0 Å². The first-order valence-corrected chi connectivity index (χ1v) is 6.44. The summed E-state index contributed by atoms with van der Waals surface area (Å²) < 4.78 is 5.37. The minimum absolute atomic E-state index is 0.261. The summed E-state index contributed by atoms with van der Waals surface area (Å²) in [4.78, 5) is 10.7. The number of nitrogens with zero attached hydrogens (tertiary/aromatic N) is 3. The first-order valence-electron chi connectivity index (χ1n) is 6.44. The fourth-order valence-corrected chi connectivity index (χ4v) is 2.23. The van der Waals surface area contributed by atoms with Crippen molar-refractivity contribution in [1.29, 1.82) is 0 Å². The van der Waals surface area contributed by atoms with Gasteiger partial charge in [-0.05, 0) is 27.2 Å². The summed E-state index contributed by atoms with van der Waals surface area (Å²) in [5, 5.41) is 10.0. The molecule has 1 N–H and O–H groups in total. The second-order valence-corrected chi connectivity index (χ2v) is 5.21. The highest BCUT2D eigenvalue weighted by atomic mass is 16.5. The molecule has 1 aliphatic heterocycles. The van der Waals surface area contributed by atoms with Crippen molar-refractivity contribution in [3.05, 3.63) is 12.3 Å². The fraction of sp³-hybridized carbons (Fsp3) is 0.692. The number of ether oxygens (including phenoxy) is 1. The lowest BCUT2D eigenvalue weighted by Gasteiger charge is -2.25. The molecule has 1 atom stereocenters. The van der Waals surface area contributed by atoms with E-state index in [-0.39, 0.29) is 5.92 Å². The summed E-state index contributed by atoms with van der Waals surface area (Å²) in [7, 11) is 0. The van der Waals surface area contributed by atoms with E-state index in [0.717, 1.165) is 19.5 Å². The molecule has 0 aromatic carbocycles. The van der Waals surface area contributed by atoms with Crippen molar-refractivity contribution < 1.29 is 9.84 Å². The summed E-state index contributed by atoms with van der Waals surface area (Å²) in [6.07, 6.45) is 2.68. The van der Waals surface area contributed by atoms with E-state index in [1.807, 2.05) is 20.8 Å².